The predicted octanol–water partition coefficient (Wildman–Crippen LogP) is 2.36. The summed E-state index contributed by atoms with van der Waals surface area (Å²) in [5, 5.41) is 10.4. The van der Waals surface area contributed by atoms with Crippen molar-refractivity contribution in [3.05, 3.63) is 30.4 Å². The summed E-state index contributed by atoms with van der Waals surface area (Å²) in [6, 6.07) is 0.338. The molecule has 3 heterocycles. The van der Waals surface area contributed by atoms with Crippen LogP contribution in [-0.2, 0) is 6.18 Å². The van der Waals surface area contributed by atoms with Crippen LogP contribution in [0.15, 0.2) is 24.8 Å². The largest absolute Gasteiger partial charge is 0.419 e. The van der Waals surface area contributed by atoms with Gasteiger partial charge < -0.3 is 10.6 Å². The smallest absolute Gasteiger partial charge is 0.321 e. The van der Waals surface area contributed by atoms with Crippen LogP contribution in [0.1, 0.15) is 24.4 Å². The highest BCUT2D eigenvalue weighted by atomic mass is 19.4. The molecule has 3 rings (SSSR count). The molecule has 0 atom stereocenters. The van der Waals surface area contributed by atoms with Crippen LogP contribution >= 0.6 is 0 Å². The van der Waals surface area contributed by atoms with Crippen molar-refractivity contribution in [2.75, 3.05) is 18.4 Å². The highest BCUT2D eigenvalue weighted by Crippen LogP contribution is 2.28. The van der Waals surface area contributed by atoms with E-state index < -0.39 is 11.7 Å². The van der Waals surface area contributed by atoms with E-state index in [9.17, 15) is 13.2 Å². The Balaban J connectivity index is 1.67. The lowest BCUT2D eigenvalue weighted by Gasteiger charge is -2.22. The minimum absolute atomic E-state index is 0.109. The van der Waals surface area contributed by atoms with Gasteiger partial charge in [-0.2, -0.15) is 18.3 Å². The summed E-state index contributed by atoms with van der Waals surface area (Å²) in [4.78, 5) is 7.35. The van der Waals surface area contributed by atoms with Crippen molar-refractivity contribution >= 4 is 11.6 Å². The fourth-order valence-electron chi connectivity index (χ4n) is 2.34. The van der Waals surface area contributed by atoms with Crippen molar-refractivity contribution < 1.29 is 13.2 Å². The number of hydrogen-bond acceptors (Lipinski definition) is 5. The first-order valence-electron chi connectivity index (χ1n) is 6.93. The number of nitrogens with zero attached hydrogens (tertiary/aromatic N) is 4. The van der Waals surface area contributed by atoms with Crippen LogP contribution < -0.4 is 10.6 Å². The normalized spacial score (nSPS) is 16.7. The molecule has 0 bridgehead atoms. The molecule has 1 saturated heterocycles. The Morgan fingerprint density at radius 2 is 1.82 bits per heavy atom. The molecule has 6 nitrogen and oxygen atoms in total. The van der Waals surface area contributed by atoms with Crippen LogP contribution in [0.25, 0.3) is 0 Å². The van der Waals surface area contributed by atoms with Crippen molar-refractivity contribution in [3.63, 3.8) is 0 Å². The molecule has 1 aliphatic rings. The Labute approximate surface area is 124 Å². The third-order valence-corrected chi connectivity index (χ3v) is 3.52. The second kappa shape index (κ2) is 5.91. The van der Waals surface area contributed by atoms with Crippen LogP contribution in [-0.4, -0.2) is 32.8 Å². The molecule has 2 aromatic heterocycles. The zero-order valence-electron chi connectivity index (χ0n) is 11.6. The third-order valence-electron chi connectivity index (χ3n) is 3.52. The van der Waals surface area contributed by atoms with Gasteiger partial charge in [0.1, 0.15) is 0 Å². The highest BCUT2D eigenvalue weighted by Gasteiger charge is 2.31. The number of anilines is 2. The van der Waals surface area contributed by atoms with E-state index in [1.165, 1.54) is 0 Å². The van der Waals surface area contributed by atoms with E-state index in [0.29, 0.717) is 11.7 Å². The molecule has 22 heavy (non-hydrogen) atoms. The van der Waals surface area contributed by atoms with E-state index in [4.69, 9.17) is 0 Å². The van der Waals surface area contributed by atoms with Gasteiger partial charge in [0, 0.05) is 18.6 Å². The van der Waals surface area contributed by atoms with Gasteiger partial charge in [-0.05, 0) is 25.9 Å². The monoisotopic (exact) mass is 312 g/mol. The van der Waals surface area contributed by atoms with Crippen LogP contribution in [0.2, 0.25) is 0 Å². The highest BCUT2D eigenvalue weighted by molar-refractivity contribution is 5.50. The predicted molar refractivity (Wildman–Crippen MR) is 73.7 cm³/mol. The molecule has 0 saturated carbocycles. The zero-order chi connectivity index (χ0) is 15.6. The quantitative estimate of drug-likeness (QED) is 0.910. The van der Waals surface area contributed by atoms with Crippen LogP contribution in [0.4, 0.5) is 24.8 Å². The molecule has 118 valence electrons. The fraction of sp³-hybridized carbons (Fsp3) is 0.462. The van der Waals surface area contributed by atoms with Crippen LogP contribution in [0.3, 0.4) is 0 Å². The molecule has 1 fully saturated rings. The van der Waals surface area contributed by atoms with Crippen molar-refractivity contribution in [3.8, 4) is 0 Å². The summed E-state index contributed by atoms with van der Waals surface area (Å²) in [7, 11) is 0. The minimum Gasteiger partial charge on any atom is -0.321 e. The van der Waals surface area contributed by atoms with E-state index in [0.717, 1.165) is 38.3 Å². The molecule has 2 aromatic rings. The van der Waals surface area contributed by atoms with Gasteiger partial charge in [-0.3, -0.25) is 4.68 Å². The Hall–Kier alpha value is -2.16. The molecule has 1 aliphatic heterocycles. The van der Waals surface area contributed by atoms with Gasteiger partial charge in [0.15, 0.2) is 0 Å². The van der Waals surface area contributed by atoms with E-state index in [1.54, 1.807) is 6.20 Å². The first-order chi connectivity index (χ1) is 10.5. The Morgan fingerprint density at radius 3 is 2.45 bits per heavy atom. The van der Waals surface area contributed by atoms with Crippen molar-refractivity contribution in [2.45, 2.75) is 25.1 Å². The standard InChI is InChI=1S/C13H15F3N6/c14-13(15,16)9-5-18-12(19-6-9)21-10-7-20-22(8-10)11-1-3-17-4-2-11/h5-8,11,17H,1-4H2,(H,18,19,21). The number of alkyl halides is 3. The molecule has 9 heteroatoms. The van der Waals surface area contributed by atoms with Crippen molar-refractivity contribution in [2.24, 2.45) is 0 Å². The average Bonchev–Trinajstić information content (AvgIpc) is 2.96. The first-order valence-corrected chi connectivity index (χ1v) is 6.93. The van der Waals surface area contributed by atoms with Gasteiger partial charge in [-0.25, -0.2) is 9.97 Å². The Bertz CT molecular complexity index is 615. The number of piperidine rings is 1. The minimum atomic E-state index is -4.43. The third kappa shape index (κ3) is 3.35. The maximum absolute atomic E-state index is 12.4. The molecule has 0 unspecified atom stereocenters. The average molecular weight is 312 g/mol. The Kier molecular flexibility index (Phi) is 3.97. The van der Waals surface area contributed by atoms with Gasteiger partial charge >= 0.3 is 6.18 Å². The molecular weight excluding hydrogens is 297 g/mol. The lowest BCUT2D eigenvalue weighted by molar-refractivity contribution is -0.138. The SMILES string of the molecule is FC(F)(F)c1cnc(Nc2cnn(C3CCNCC3)c2)nc1. The summed E-state index contributed by atoms with van der Waals surface area (Å²) in [6.45, 7) is 1.91. The molecule has 0 aromatic carbocycles. The lowest BCUT2D eigenvalue weighted by Crippen LogP contribution is -2.29. The number of hydrogen-bond donors (Lipinski definition) is 2. The van der Waals surface area contributed by atoms with Crippen molar-refractivity contribution in [1.82, 2.24) is 25.1 Å². The molecular formula is C13H15F3N6. The zero-order valence-corrected chi connectivity index (χ0v) is 11.6. The van der Waals surface area contributed by atoms with E-state index in [-0.39, 0.29) is 5.95 Å². The van der Waals surface area contributed by atoms with Gasteiger partial charge in [0.05, 0.1) is 23.5 Å². The summed E-state index contributed by atoms with van der Waals surface area (Å²) in [5.74, 6) is 0.109. The summed E-state index contributed by atoms with van der Waals surface area (Å²) in [5.41, 5.74) is -0.221. The van der Waals surface area contributed by atoms with E-state index >= 15 is 0 Å². The molecule has 2 N–H and O–H groups in total. The fourth-order valence-corrected chi connectivity index (χ4v) is 2.34. The molecule has 0 spiro atoms. The van der Waals surface area contributed by atoms with E-state index in [1.807, 2.05) is 10.9 Å². The van der Waals surface area contributed by atoms with E-state index in [2.05, 4.69) is 25.7 Å². The van der Waals surface area contributed by atoms with Gasteiger partial charge in [0.2, 0.25) is 5.95 Å². The summed E-state index contributed by atoms with van der Waals surface area (Å²) >= 11 is 0. The van der Waals surface area contributed by atoms with Crippen LogP contribution in [0.5, 0.6) is 0 Å². The Morgan fingerprint density at radius 1 is 1.14 bits per heavy atom. The summed E-state index contributed by atoms with van der Waals surface area (Å²) in [6.07, 6.45) is 2.51. The second-order valence-electron chi connectivity index (χ2n) is 5.11. The number of rotatable bonds is 3. The maximum atomic E-state index is 12.4. The number of halogens is 3. The van der Waals surface area contributed by atoms with Gasteiger partial charge in [-0.1, -0.05) is 0 Å². The maximum Gasteiger partial charge on any atom is 0.419 e. The van der Waals surface area contributed by atoms with Crippen LogP contribution in [0, 0.1) is 0 Å². The number of nitrogens with one attached hydrogen (secondary N) is 2. The topological polar surface area (TPSA) is 67.7 Å². The van der Waals surface area contributed by atoms with Gasteiger partial charge in [-0.15, -0.1) is 0 Å². The first kappa shape index (κ1) is 14.8. The molecule has 0 radical (unpaired) electrons. The molecule has 0 aliphatic carbocycles. The van der Waals surface area contributed by atoms with Crippen molar-refractivity contribution in [1.29, 1.82) is 0 Å². The lowest BCUT2D eigenvalue weighted by atomic mass is 10.1. The second-order valence-corrected chi connectivity index (χ2v) is 5.11. The number of aromatic nitrogens is 4. The van der Waals surface area contributed by atoms with Gasteiger partial charge in [0.25, 0.3) is 0 Å². The summed E-state index contributed by atoms with van der Waals surface area (Å²) < 4.78 is 39.2. The molecule has 0 amide bonds.